The third-order valence-electron chi connectivity index (χ3n) is 5.32. The van der Waals surface area contributed by atoms with Gasteiger partial charge in [0.15, 0.2) is 5.76 Å². The molecule has 10 heteroatoms. The third-order valence-corrected chi connectivity index (χ3v) is 5.32. The first-order valence-electron chi connectivity index (χ1n) is 9.86. The van der Waals surface area contributed by atoms with Gasteiger partial charge in [-0.2, -0.15) is 0 Å². The van der Waals surface area contributed by atoms with Crippen molar-refractivity contribution >= 4 is 23.8 Å². The van der Waals surface area contributed by atoms with Crippen LogP contribution >= 0.6 is 0 Å². The average molecular weight is 426 g/mol. The minimum Gasteiger partial charge on any atom is -0.486 e. The van der Waals surface area contributed by atoms with Crippen LogP contribution in [0, 0.1) is 5.92 Å². The number of amides is 5. The Morgan fingerprint density at radius 1 is 1.16 bits per heavy atom. The molecule has 4 rings (SSSR count). The fourth-order valence-corrected chi connectivity index (χ4v) is 3.42. The summed E-state index contributed by atoms with van der Waals surface area (Å²) in [5.41, 5.74) is 3.42. The Morgan fingerprint density at radius 3 is 2.61 bits per heavy atom. The molecule has 1 saturated heterocycles. The van der Waals surface area contributed by atoms with E-state index >= 15 is 0 Å². The first-order chi connectivity index (χ1) is 14.9. The second-order valence-corrected chi connectivity index (χ2v) is 7.67. The molecule has 10 nitrogen and oxygen atoms in total. The number of hydrogen-bond acceptors (Lipinski definition) is 6. The number of rotatable bonds is 7. The van der Waals surface area contributed by atoms with Crippen LogP contribution in [0.3, 0.4) is 0 Å². The van der Waals surface area contributed by atoms with Crippen molar-refractivity contribution in [3.63, 3.8) is 0 Å². The molecule has 2 aromatic rings. The van der Waals surface area contributed by atoms with E-state index in [1.54, 1.807) is 25.1 Å². The molecule has 3 N–H and O–H groups in total. The number of urea groups is 1. The highest BCUT2D eigenvalue weighted by molar-refractivity contribution is 6.09. The number of carbonyl (C=O) groups is 4. The van der Waals surface area contributed by atoms with Crippen molar-refractivity contribution in [2.24, 2.45) is 5.92 Å². The van der Waals surface area contributed by atoms with Crippen LogP contribution in [0.15, 0.2) is 46.9 Å². The normalized spacial score (nSPS) is 20.4. The summed E-state index contributed by atoms with van der Waals surface area (Å²) in [6.45, 7) is 1.30. The molecule has 1 saturated carbocycles. The zero-order valence-corrected chi connectivity index (χ0v) is 16.8. The van der Waals surface area contributed by atoms with Gasteiger partial charge < -0.3 is 14.5 Å². The maximum Gasteiger partial charge on any atom is 0.325 e. The molecule has 0 spiro atoms. The second kappa shape index (κ2) is 8.13. The second-order valence-electron chi connectivity index (χ2n) is 7.67. The monoisotopic (exact) mass is 426 g/mol. The van der Waals surface area contributed by atoms with Crippen LogP contribution in [0.4, 0.5) is 4.79 Å². The Hall–Kier alpha value is -3.82. The average Bonchev–Trinajstić information content (AvgIpc) is 3.48. The quantitative estimate of drug-likeness (QED) is 0.453. The molecule has 2 fully saturated rings. The number of benzene rings is 1. The minimum atomic E-state index is -0.965. The van der Waals surface area contributed by atoms with Crippen LogP contribution in [-0.4, -0.2) is 40.7 Å². The van der Waals surface area contributed by atoms with Gasteiger partial charge in [0.2, 0.25) is 0 Å². The Labute approximate surface area is 177 Å². The van der Waals surface area contributed by atoms with E-state index in [9.17, 15) is 19.2 Å². The Morgan fingerprint density at radius 2 is 1.90 bits per heavy atom. The zero-order valence-electron chi connectivity index (χ0n) is 16.8. The van der Waals surface area contributed by atoms with Gasteiger partial charge in [0.25, 0.3) is 11.8 Å². The van der Waals surface area contributed by atoms with Gasteiger partial charge in [-0.3, -0.25) is 30.1 Å². The van der Waals surface area contributed by atoms with E-state index in [0.29, 0.717) is 11.5 Å². The summed E-state index contributed by atoms with van der Waals surface area (Å²) < 4.78 is 11.0. The maximum absolute atomic E-state index is 12.5. The van der Waals surface area contributed by atoms with Crippen molar-refractivity contribution in [3.8, 4) is 5.75 Å². The molecule has 1 unspecified atom stereocenters. The lowest BCUT2D eigenvalue weighted by Gasteiger charge is -2.20. The molecule has 1 aliphatic carbocycles. The molecule has 2 aliphatic rings. The maximum atomic E-state index is 12.5. The van der Waals surface area contributed by atoms with Gasteiger partial charge in [0.1, 0.15) is 30.2 Å². The van der Waals surface area contributed by atoms with Crippen LogP contribution < -0.4 is 20.9 Å². The molecule has 31 heavy (non-hydrogen) atoms. The van der Waals surface area contributed by atoms with Crippen molar-refractivity contribution in [2.45, 2.75) is 31.9 Å². The largest absolute Gasteiger partial charge is 0.486 e. The van der Waals surface area contributed by atoms with E-state index in [1.165, 1.54) is 6.07 Å². The smallest absolute Gasteiger partial charge is 0.325 e. The highest BCUT2D eigenvalue weighted by atomic mass is 16.5. The van der Waals surface area contributed by atoms with Gasteiger partial charge in [0.05, 0.1) is 0 Å². The van der Waals surface area contributed by atoms with Crippen LogP contribution in [0.25, 0.3) is 0 Å². The van der Waals surface area contributed by atoms with Crippen molar-refractivity contribution in [1.82, 2.24) is 21.1 Å². The van der Waals surface area contributed by atoms with E-state index in [4.69, 9.17) is 9.15 Å². The molecule has 162 valence electrons. The van der Waals surface area contributed by atoms with Crippen molar-refractivity contribution in [3.05, 3.63) is 54.0 Å². The van der Waals surface area contributed by atoms with E-state index in [-0.39, 0.29) is 18.3 Å². The first kappa shape index (κ1) is 20.5. The Bertz CT molecular complexity index is 1020. The van der Waals surface area contributed by atoms with Crippen molar-refractivity contribution in [2.75, 3.05) is 6.54 Å². The topological polar surface area (TPSA) is 130 Å². The van der Waals surface area contributed by atoms with Gasteiger partial charge in [-0.15, -0.1) is 0 Å². The number of nitrogens with one attached hydrogen (secondary N) is 3. The lowest BCUT2D eigenvalue weighted by atomic mass is 9.96. The predicted octanol–water partition coefficient (Wildman–Crippen LogP) is 1.34. The summed E-state index contributed by atoms with van der Waals surface area (Å²) in [5, 5.41) is 2.66. The van der Waals surface area contributed by atoms with Crippen molar-refractivity contribution < 1.29 is 28.3 Å². The van der Waals surface area contributed by atoms with Crippen LogP contribution in [0.2, 0.25) is 0 Å². The minimum absolute atomic E-state index is 0.0248. The van der Waals surface area contributed by atoms with E-state index in [0.717, 1.165) is 17.7 Å². The Balaban J connectivity index is 1.25. The van der Waals surface area contributed by atoms with Gasteiger partial charge in [0, 0.05) is 0 Å². The lowest BCUT2D eigenvalue weighted by molar-refractivity contribution is -0.135. The van der Waals surface area contributed by atoms with Crippen LogP contribution in [0.5, 0.6) is 5.75 Å². The Kier molecular flexibility index (Phi) is 5.37. The van der Waals surface area contributed by atoms with Gasteiger partial charge in [-0.05, 0) is 49.9 Å². The number of nitrogens with zero attached hydrogens (tertiary/aromatic N) is 1. The summed E-state index contributed by atoms with van der Waals surface area (Å²) in [6, 6.07) is 11.6. The fraction of sp³-hybridized carbons (Fsp3) is 0.333. The summed E-state index contributed by atoms with van der Waals surface area (Å²) in [5.74, 6) is -0.667. The number of hydrazine groups is 1. The van der Waals surface area contributed by atoms with E-state index in [2.05, 4.69) is 16.2 Å². The molecule has 0 bridgehead atoms. The first-order valence-corrected chi connectivity index (χ1v) is 9.86. The van der Waals surface area contributed by atoms with Crippen molar-refractivity contribution in [1.29, 1.82) is 0 Å². The molecule has 0 radical (unpaired) electrons. The molecule has 1 aliphatic heterocycles. The van der Waals surface area contributed by atoms with Crippen LogP contribution in [-0.2, 0) is 16.2 Å². The molecule has 1 atom stereocenters. The standard InChI is InChI=1S/C21H22N4O6/c1-21(13-7-8-13)19(28)25(20(29)22-21)11-17(26)23-24-18(27)16-10-9-15(31-16)12-30-14-5-3-2-4-6-14/h2-6,9-10,13H,7-8,11-12H2,1H3,(H,22,29)(H,23,26)(H,24,27). The van der Waals surface area contributed by atoms with Gasteiger partial charge in [-0.1, -0.05) is 18.2 Å². The SMILES string of the molecule is CC1(C2CC2)NC(=O)N(CC(=O)NNC(=O)c2ccc(COc3ccccc3)o2)C1=O. The number of furan rings is 1. The highest BCUT2D eigenvalue weighted by Crippen LogP contribution is 2.42. The summed E-state index contributed by atoms with van der Waals surface area (Å²) >= 11 is 0. The molecule has 1 aromatic heterocycles. The van der Waals surface area contributed by atoms with Gasteiger partial charge in [-0.25, -0.2) is 4.79 Å². The number of para-hydroxylation sites is 1. The number of hydrogen-bond donors (Lipinski definition) is 3. The number of carbonyl (C=O) groups excluding carboxylic acids is 4. The number of imide groups is 1. The van der Waals surface area contributed by atoms with E-state index in [1.807, 2.05) is 18.2 Å². The third kappa shape index (κ3) is 4.37. The summed E-state index contributed by atoms with van der Waals surface area (Å²) in [4.78, 5) is 49.8. The number of ether oxygens (including phenoxy) is 1. The molecule has 2 heterocycles. The summed E-state index contributed by atoms with van der Waals surface area (Å²) in [7, 11) is 0. The lowest BCUT2D eigenvalue weighted by Crippen LogP contribution is -2.49. The predicted molar refractivity (Wildman–Crippen MR) is 106 cm³/mol. The van der Waals surface area contributed by atoms with E-state index < -0.39 is 35.8 Å². The molecular formula is C21H22N4O6. The van der Waals surface area contributed by atoms with Gasteiger partial charge >= 0.3 is 11.9 Å². The highest BCUT2D eigenvalue weighted by Gasteiger charge is 2.56. The fourth-order valence-electron chi connectivity index (χ4n) is 3.42. The summed E-state index contributed by atoms with van der Waals surface area (Å²) in [6.07, 6.45) is 1.72. The molecular weight excluding hydrogens is 404 g/mol. The molecule has 1 aromatic carbocycles. The van der Waals surface area contributed by atoms with Crippen LogP contribution in [0.1, 0.15) is 36.1 Å². The zero-order chi connectivity index (χ0) is 22.0. The molecule has 5 amide bonds.